The molecule has 3 heterocycles. The molecule has 1 aliphatic rings. The summed E-state index contributed by atoms with van der Waals surface area (Å²) in [6.45, 7) is 6.38. The second-order valence-corrected chi connectivity index (χ2v) is 9.52. The Hall–Kier alpha value is -4.30. The SMILES string of the molecule is Cc1c(NC(=O)Nc2cc(C(F)(F)F)ccc2F)cccc1-c1nn(C)c2ncnc(NCCN3CCOCC3)c12. The largest absolute Gasteiger partial charge is 0.416 e. The first-order valence-electron chi connectivity index (χ1n) is 12.9. The van der Waals surface area contributed by atoms with Crippen LogP contribution >= 0.6 is 0 Å². The summed E-state index contributed by atoms with van der Waals surface area (Å²) in [5.74, 6) is -0.380. The van der Waals surface area contributed by atoms with Gasteiger partial charge in [-0.1, -0.05) is 12.1 Å². The van der Waals surface area contributed by atoms with Gasteiger partial charge in [-0.3, -0.25) is 4.90 Å². The van der Waals surface area contributed by atoms with Gasteiger partial charge in [0.05, 0.1) is 29.9 Å². The third-order valence-corrected chi connectivity index (χ3v) is 6.82. The highest BCUT2D eigenvalue weighted by molar-refractivity contribution is 6.03. The van der Waals surface area contributed by atoms with Gasteiger partial charge in [-0.2, -0.15) is 18.3 Å². The van der Waals surface area contributed by atoms with Crippen molar-refractivity contribution in [1.82, 2.24) is 24.6 Å². The summed E-state index contributed by atoms with van der Waals surface area (Å²) in [6.07, 6.45) is -3.22. The molecule has 1 aliphatic heterocycles. The molecule has 41 heavy (non-hydrogen) atoms. The number of aromatic nitrogens is 4. The molecule has 216 valence electrons. The number of fused-ring (bicyclic) bond motifs is 1. The van der Waals surface area contributed by atoms with Gasteiger partial charge in [-0.15, -0.1) is 0 Å². The Morgan fingerprint density at radius 3 is 2.59 bits per heavy atom. The first kappa shape index (κ1) is 28.2. The number of anilines is 3. The maximum Gasteiger partial charge on any atom is 0.416 e. The quantitative estimate of drug-likeness (QED) is 0.271. The average molecular weight is 573 g/mol. The van der Waals surface area contributed by atoms with E-state index in [2.05, 4.69) is 35.9 Å². The summed E-state index contributed by atoms with van der Waals surface area (Å²) in [5, 5.41) is 13.5. The lowest BCUT2D eigenvalue weighted by Gasteiger charge is -2.26. The van der Waals surface area contributed by atoms with Crippen molar-refractivity contribution >= 4 is 34.3 Å². The number of aryl methyl sites for hydroxylation is 1. The number of benzene rings is 2. The smallest absolute Gasteiger partial charge is 0.379 e. The number of ether oxygens (including phenoxy) is 1. The molecule has 2 aromatic carbocycles. The first-order valence-corrected chi connectivity index (χ1v) is 12.9. The first-order chi connectivity index (χ1) is 19.6. The van der Waals surface area contributed by atoms with Crippen LogP contribution in [0.15, 0.2) is 42.7 Å². The Morgan fingerprint density at radius 1 is 1.07 bits per heavy atom. The predicted molar refractivity (Wildman–Crippen MR) is 146 cm³/mol. The third-order valence-electron chi connectivity index (χ3n) is 6.82. The third kappa shape index (κ3) is 6.23. The zero-order valence-corrected chi connectivity index (χ0v) is 22.3. The molecule has 0 aliphatic carbocycles. The second kappa shape index (κ2) is 11.7. The fraction of sp³-hybridized carbons (Fsp3) is 0.333. The topological polar surface area (TPSA) is 109 Å². The molecule has 4 aromatic rings. The molecule has 0 atom stereocenters. The lowest BCUT2D eigenvalue weighted by atomic mass is 10.0. The lowest BCUT2D eigenvalue weighted by molar-refractivity contribution is -0.137. The zero-order valence-electron chi connectivity index (χ0n) is 22.3. The highest BCUT2D eigenvalue weighted by Crippen LogP contribution is 2.35. The van der Waals surface area contributed by atoms with E-state index in [1.807, 2.05) is 6.07 Å². The summed E-state index contributed by atoms with van der Waals surface area (Å²) < 4.78 is 60.4. The number of morpholine rings is 1. The van der Waals surface area contributed by atoms with E-state index in [9.17, 15) is 22.4 Å². The Kier molecular flexibility index (Phi) is 8.03. The standard InChI is InChI=1S/C27H28F4N8O2/c1-16-18(4-3-5-20(16)35-26(40)36-21-14-17(27(29,30)31)6-7-19(21)28)23-22-24(33-15-34-25(22)38(2)37-23)32-8-9-39-10-12-41-13-11-39/h3-7,14-15H,8-13H2,1-2H3,(H,32,33,34)(H2,35,36,40). The number of rotatable bonds is 7. The minimum absolute atomic E-state index is 0.366. The number of urea groups is 1. The number of halogens is 4. The van der Waals surface area contributed by atoms with Crippen molar-refractivity contribution in [3.63, 3.8) is 0 Å². The van der Waals surface area contributed by atoms with Crippen LogP contribution < -0.4 is 16.0 Å². The zero-order chi connectivity index (χ0) is 29.1. The number of carbonyl (C=O) groups is 1. The van der Waals surface area contributed by atoms with Crippen LogP contribution in [0.4, 0.5) is 39.5 Å². The van der Waals surface area contributed by atoms with Gasteiger partial charge in [-0.05, 0) is 36.8 Å². The Bertz CT molecular complexity index is 1570. The van der Waals surface area contributed by atoms with Gasteiger partial charge in [0.15, 0.2) is 5.65 Å². The Labute approximate surface area is 232 Å². The highest BCUT2D eigenvalue weighted by Gasteiger charge is 2.31. The number of nitrogens with zero attached hydrogens (tertiary/aromatic N) is 5. The molecular weight excluding hydrogens is 544 g/mol. The Balaban J connectivity index is 1.38. The van der Waals surface area contributed by atoms with Gasteiger partial charge in [0.1, 0.15) is 23.7 Å². The van der Waals surface area contributed by atoms with E-state index < -0.39 is 29.3 Å². The highest BCUT2D eigenvalue weighted by atomic mass is 19.4. The maximum atomic E-state index is 14.2. The fourth-order valence-electron chi connectivity index (χ4n) is 4.67. The molecular formula is C27H28F4N8O2. The van der Waals surface area contributed by atoms with Crippen LogP contribution in [0, 0.1) is 12.7 Å². The van der Waals surface area contributed by atoms with Crippen LogP contribution in [0.3, 0.4) is 0 Å². The number of alkyl halides is 3. The number of amides is 2. The molecule has 0 bridgehead atoms. The number of nitrogens with one attached hydrogen (secondary N) is 3. The van der Waals surface area contributed by atoms with Gasteiger partial charge in [0.25, 0.3) is 0 Å². The van der Waals surface area contributed by atoms with E-state index >= 15 is 0 Å². The second-order valence-electron chi connectivity index (χ2n) is 9.52. The van der Waals surface area contributed by atoms with E-state index in [4.69, 9.17) is 4.74 Å². The molecule has 10 nitrogen and oxygen atoms in total. The number of carbonyl (C=O) groups excluding carboxylic acids is 1. The minimum Gasteiger partial charge on any atom is -0.379 e. The van der Waals surface area contributed by atoms with Crippen molar-refractivity contribution in [2.45, 2.75) is 13.1 Å². The van der Waals surface area contributed by atoms with Crippen LogP contribution in [0.5, 0.6) is 0 Å². The molecule has 0 radical (unpaired) electrons. The van der Waals surface area contributed by atoms with Crippen LogP contribution in [0.25, 0.3) is 22.3 Å². The normalized spacial score (nSPS) is 14.3. The monoisotopic (exact) mass is 572 g/mol. The molecule has 2 amide bonds. The van der Waals surface area contributed by atoms with Crippen molar-refractivity contribution in [3.05, 3.63) is 59.7 Å². The Morgan fingerprint density at radius 2 is 1.83 bits per heavy atom. The van der Waals surface area contributed by atoms with Gasteiger partial charge < -0.3 is 20.7 Å². The number of hydrogen-bond donors (Lipinski definition) is 3. The van der Waals surface area contributed by atoms with Crippen molar-refractivity contribution < 1.29 is 27.1 Å². The van der Waals surface area contributed by atoms with Gasteiger partial charge in [0.2, 0.25) is 0 Å². The summed E-state index contributed by atoms with van der Waals surface area (Å²) in [4.78, 5) is 23.8. The van der Waals surface area contributed by atoms with E-state index in [1.54, 1.807) is 30.8 Å². The van der Waals surface area contributed by atoms with Crippen molar-refractivity contribution in [1.29, 1.82) is 0 Å². The molecule has 1 fully saturated rings. The molecule has 5 rings (SSSR count). The summed E-state index contributed by atoms with van der Waals surface area (Å²) in [7, 11) is 1.77. The maximum absolute atomic E-state index is 14.2. The van der Waals surface area contributed by atoms with Crippen LogP contribution in [-0.2, 0) is 18.0 Å². The number of hydrogen-bond acceptors (Lipinski definition) is 7. The van der Waals surface area contributed by atoms with Crippen molar-refractivity contribution in [2.75, 3.05) is 55.3 Å². The summed E-state index contributed by atoms with van der Waals surface area (Å²) in [5.41, 5.74) is 1.21. The van der Waals surface area contributed by atoms with E-state index in [1.165, 1.54) is 6.33 Å². The molecule has 2 aromatic heterocycles. The van der Waals surface area contributed by atoms with Crippen LogP contribution in [0.2, 0.25) is 0 Å². The molecule has 0 saturated carbocycles. The summed E-state index contributed by atoms with van der Waals surface area (Å²) in [6, 6.07) is 6.08. The molecule has 0 unspecified atom stereocenters. The average Bonchev–Trinajstić information content (AvgIpc) is 3.28. The van der Waals surface area contributed by atoms with Gasteiger partial charge in [0, 0.05) is 44.5 Å². The van der Waals surface area contributed by atoms with Crippen molar-refractivity contribution in [3.8, 4) is 11.3 Å². The van der Waals surface area contributed by atoms with Gasteiger partial charge >= 0.3 is 12.2 Å². The fourth-order valence-corrected chi connectivity index (χ4v) is 4.67. The minimum atomic E-state index is -4.68. The molecule has 14 heteroatoms. The van der Waals surface area contributed by atoms with E-state index in [-0.39, 0.29) is 0 Å². The molecule has 0 spiro atoms. The predicted octanol–water partition coefficient (Wildman–Crippen LogP) is 4.88. The van der Waals surface area contributed by atoms with E-state index in [0.717, 1.165) is 19.6 Å². The lowest BCUT2D eigenvalue weighted by Crippen LogP contribution is -2.39. The molecule has 1 saturated heterocycles. The van der Waals surface area contributed by atoms with Crippen LogP contribution in [0.1, 0.15) is 11.1 Å². The molecule has 3 N–H and O–H groups in total. The van der Waals surface area contributed by atoms with Crippen molar-refractivity contribution in [2.24, 2.45) is 7.05 Å². The van der Waals surface area contributed by atoms with Crippen LogP contribution in [-0.4, -0.2) is 70.1 Å². The summed E-state index contributed by atoms with van der Waals surface area (Å²) >= 11 is 0. The van der Waals surface area contributed by atoms with E-state index in [0.29, 0.717) is 77.3 Å². The van der Waals surface area contributed by atoms with Gasteiger partial charge in [-0.25, -0.2) is 23.8 Å².